The van der Waals surface area contributed by atoms with Crippen LogP contribution in [0.25, 0.3) is 5.69 Å². The van der Waals surface area contributed by atoms with E-state index < -0.39 is 0 Å². The summed E-state index contributed by atoms with van der Waals surface area (Å²) in [6, 6.07) is 15.0. The van der Waals surface area contributed by atoms with Crippen molar-refractivity contribution < 1.29 is 5.11 Å². The lowest BCUT2D eigenvalue weighted by atomic mass is 10.2. The number of phenols is 1. The van der Waals surface area contributed by atoms with Crippen molar-refractivity contribution in [2.45, 2.75) is 6.54 Å². The Morgan fingerprint density at radius 3 is 2.65 bits per heavy atom. The summed E-state index contributed by atoms with van der Waals surface area (Å²) in [6.07, 6.45) is 1.54. The first-order chi connectivity index (χ1) is 9.84. The Balaban J connectivity index is 1.84. The molecule has 3 rings (SSSR count). The van der Waals surface area contributed by atoms with E-state index in [1.165, 1.54) is 0 Å². The molecule has 100 valence electrons. The van der Waals surface area contributed by atoms with Gasteiger partial charge in [0.1, 0.15) is 12.1 Å². The average Bonchev–Trinajstić information content (AvgIpc) is 3.01. The number of tetrazole rings is 1. The van der Waals surface area contributed by atoms with Gasteiger partial charge in [-0.05, 0) is 28.6 Å². The summed E-state index contributed by atoms with van der Waals surface area (Å²) in [5.74, 6) is 0.278. The Bertz CT molecular complexity index is 696. The number of nitrogens with one attached hydrogen (secondary N) is 1. The molecular weight excluding hydrogens is 254 g/mol. The molecule has 20 heavy (non-hydrogen) atoms. The van der Waals surface area contributed by atoms with Crippen molar-refractivity contribution in [3.05, 3.63) is 60.4 Å². The van der Waals surface area contributed by atoms with Crippen molar-refractivity contribution in [1.29, 1.82) is 0 Å². The average molecular weight is 267 g/mol. The fourth-order valence-electron chi connectivity index (χ4n) is 1.95. The van der Waals surface area contributed by atoms with E-state index in [0.717, 1.165) is 16.9 Å². The number of benzene rings is 2. The fourth-order valence-corrected chi connectivity index (χ4v) is 1.95. The Hall–Kier alpha value is -2.89. The van der Waals surface area contributed by atoms with E-state index in [4.69, 9.17) is 0 Å². The van der Waals surface area contributed by atoms with Crippen molar-refractivity contribution >= 4 is 5.69 Å². The molecule has 6 nitrogen and oxygen atoms in total. The van der Waals surface area contributed by atoms with Gasteiger partial charge in [0.05, 0.1) is 11.4 Å². The summed E-state index contributed by atoms with van der Waals surface area (Å²) >= 11 is 0. The molecule has 0 amide bonds. The van der Waals surface area contributed by atoms with E-state index in [2.05, 4.69) is 20.8 Å². The number of rotatable bonds is 4. The van der Waals surface area contributed by atoms with Crippen LogP contribution in [0.15, 0.2) is 54.9 Å². The van der Waals surface area contributed by atoms with Gasteiger partial charge in [-0.15, -0.1) is 5.10 Å². The Labute approximate surface area is 115 Å². The molecule has 0 saturated heterocycles. The first kappa shape index (κ1) is 12.2. The second-order valence-electron chi connectivity index (χ2n) is 4.25. The largest absolute Gasteiger partial charge is 0.508 e. The molecule has 0 unspecified atom stereocenters. The summed E-state index contributed by atoms with van der Waals surface area (Å²) in [5.41, 5.74) is 2.58. The third-order valence-electron chi connectivity index (χ3n) is 2.96. The maximum atomic E-state index is 9.76. The van der Waals surface area contributed by atoms with Crippen LogP contribution in [0.5, 0.6) is 5.75 Å². The maximum Gasteiger partial charge on any atom is 0.143 e. The van der Waals surface area contributed by atoms with Crippen molar-refractivity contribution in [3.63, 3.8) is 0 Å². The van der Waals surface area contributed by atoms with Crippen LogP contribution in [0.2, 0.25) is 0 Å². The predicted octanol–water partition coefficient (Wildman–Crippen LogP) is 1.98. The molecular formula is C14H13N5O. The van der Waals surface area contributed by atoms with Gasteiger partial charge < -0.3 is 10.4 Å². The van der Waals surface area contributed by atoms with Gasteiger partial charge >= 0.3 is 0 Å². The summed E-state index contributed by atoms with van der Waals surface area (Å²) in [5, 5.41) is 24.2. The van der Waals surface area contributed by atoms with E-state index in [1.807, 2.05) is 36.4 Å². The van der Waals surface area contributed by atoms with Crippen molar-refractivity contribution in [3.8, 4) is 11.4 Å². The number of aromatic hydroxyl groups is 1. The number of hydrogen-bond acceptors (Lipinski definition) is 5. The highest BCUT2D eigenvalue weighted by atomic mass is 16.3. The van der Waals surface area contributed by atoms with Crippen molar-refractivity contribution in [2.24, 2.45) is 0 Å². The van der Waals surface area contributed by atoms with E-state index in [0.29, 0.717) is 6.54 Å². The molecule has 1 heterocycles. The summed E-state index contributed by atoms with van der Waals surface area (Å²) in [6.45, 7) is 0.520. The predicted molar refractivity (Wildman–Crippen MR) is 74.6 cm³/mol. The van der Waals surface area contributed by atoms with Gasteiger partial charge in [0.25, 0.3) is 0 Å². The quantitative estimate of drug-likeness (QED) is 0.756. The topological polar surface area (TPSA) is 75.9 Å². The minimum absolute atomic E-state index is 0.278. The zero-order valence-electron chi connectivity index (χ0n) is 10.6. The molecule has 0 spiro atoms. The first-order valence-corrected chi connectivity index (χ1v) is 6.18. The molecule has 2 aromatic carbocycles. The summed E-state index contributed by atoms with van der Waals surface area (Å²) in [4.78, 5) is 0. The van der Waals surface area contributed by atoms with Crippen molar-refractivity contribution in [1.82, 2.24) is 20.2 Å². The molecule has 0 aliphatic heterocycles. The molecule has 6 heteroatoms. The highest BCUT2D eigenvalue weighted by molar-refractivity contribution is 5.60. The van der Waals surface area contributed by atoms with E-state index >= 15 is 0 Å². The first-order valence-electron chi connectivity index (χ1n) is 6.18. The SMILES string of the molecule is Oc1ccccc1CNc1ccccc1-n1cnnn1. The van der Waals surface area contributed by atoms with Gasteiger partial charge in [-0.1, -0.05) is 30.3 Å². The standard InChI is InChI=1S/C14H13N5O/c20-14-8-4-1-5-11(14)9-15-12-6-2-3-7-13(12)19-10-16-17-18-19/h1-8,10,15,20H,9H2. The molecule has 3 aromatic rings. The minimum Gasteiger partial charge on any atom is -0.508 e. The third-order valence-corrected chi connectivity index (χ3v) is 2.96. The zero-order valence-corrected chi connectivity index (χ0v) is 10.6. The second-order valence-corrected chi connectivity index (χ2v) is 4.25. The second kappa shape index (κ2) is 5.40. The van der Waals surface area contributed by atoms with Gasteiger partial charge in [0.15, 0.2) is 0 Å². The van der Waals surface area contributed by atoms with Crippen LogP contribution < -0.4 is 5.32 Å². The molecule has 2 N–H and O–H groups in total. The van der Waals surface area contributed by atoms with Crippen LogP contribution in [0.4, 0.5) is 5.69 Å². The Morgan fingerprint density at radius 2 is 1.85 bits per heavy atom. The Morgan fingerprint density at radius 1 is 1.05 bits per heavy atom. The van der Waals surface area contributed by atoms with Crippen molar-refractivity contribution in [2.75, 3.05) is 5.32 Å². The van der Waals surface area contributed by atoms with Gasteiger partial charge in [0.2, 0.25) is 0 Å². The van der Waals surface area contributed by atoms with Gasteiger partial charge in [-0.2, -0.15) is 4.68 Å². The van der Waals surface area contributed by atoms with E-state index in [-0.39, 0.29) is 5.75 Å². The van der Waals surface area contributed by atoms with Crippen LogP contribution in [-0.2, 0) is 6.54 Å². The third kappa shape index (κ3) is 2.44. The van der Waals surface area contributed by atoms with Crippen LogP contribution in [-0.4, -0.2) is 25.3 Å². The Kier molecular flexibility index (Phi) is 3.28. The summed E-state index contributed by atoms with van der Waals surface area (Å²) < 4.78 is 1.59. The lowest BCUT2D eigenvalue weighted by Crippen LogP contribution is -2.05. The van der Waals surface area contributed by atoms with E-state index in [9.17, 15) is 5.11 Å². The molecule has 0 atom stereocenters. The molecule has 0 aliphatic carbocycles. The molecule has 0 radical (unpaired) electrons. The maximum absolute atomic E-state index is 9.76. The fraction of sp³-hybridized carbons (Fsp3) is 0.0714. The smallest absolute Gasteiger partial charge is 0.143 e. The normalized spacial score (nSPS) is 10.4. The minimum atomic E-state index is 0.278. The number of hydrogen-bond donors (Lipinski definition) is 2. The number of para-hydroxylation sites is 3. The molecule has 0 fully saturated rings. The number of nitrogens with zero attached hydrogens (tertiary/aromatic N) is 4. The lowest BCUT2D eigenvalue weighted by molar-refractivity contribution is 0.469. The highest BCUT2D eigenvalue weighted by Gasteiger charge is 2.06. The number of aromatic nitrogens is 4. The molecule has 0 bridgehead atoms. The lowest BCUT2D eigenvalue weighted by Gasteiger charge is -2.11. The van der Waals surface area contributed by atoms with Crippen LogP contribution in [0.3, 0.4) is 0 Å². The summed E-state index contributed by atoms with van der Waals surface area (Å²) in [7, 11) is 0. The monoisotopic (exact) mass is 267 g/mol. The van der Waals surface area contributed by atoms with Crippen LogP contribution >= 0.6 is 0 Å². The van der Waals surface area contributed by atoms with Gasteiger partial charge in [0, 0.05) is 12.1 Å². The highest BCUT2D eigenvalue weighted by Crippen LogP contribution is 2.21. The molecule has 0 aliphatic rings. The van der Waals surface area contributed by atoms with Gasteiger partial charge in [-0.25, -0.2) is 0 Å². The van der Waals surface area contributed by atoms with Gasteiger partial charge in [-0.3, -0.25) is 0 Å². The van der Waals surface area contributed by atoms with E-state index in [1.54, 1.807) is 23.1 Å². The van der Waals surface area contributed by atoms with Crippen LogP contribution in [0, 0.1) is 0 Å². The zero-order chi connectivity index (χ0) is 13.8. The van der Waals surface area contributed by atoms with Crippen LogP contribution in [0.1, 0.15) is 5.56 Å². The molecule has 0 saturated carbocycles. The number of phenolic OH excluding ortho intramolecular Hbond substituents is 1. The molecule has 1 aromatic heterocycles. The number of anilines is 1.